The molecule has 0 saturated heterocycles. The van der Waals surface area contributed by atoms with Crippen LogP contribution in [0.5, 0.6) is 11.5 Å². The third-order valence-electron chi connectivity index (χ3n) is 4.80. The zero-order valence-corrected chi connectivity index (χ0v) is 18.3. The maximum absolute atomic E-state index is 12.0. The summed E-state index contributed by atoms with van der Waals surface area (Å²) in [5.74, 6) is 0.179. The molecular formula is C28H22N2O4. The van der Waals surface area contributed by atoms with E-state index in [9.17, 15) is 9.59 Å². The van der Waals surface area contributed by atoms with E-state index in [1.54, 1.807) is 30.3 Å². The summed E-state index contributed by atoms with van der Waals surface area (Å²) >= 11 is 0. The van der Waals surface area contributed by atoms with Gasteiger partial charge < -0.3 is 9.47 Å². The molecule has 0 heterocycles. The van der Waals surface area contributed by atoms with Crippen molar-refractivity contribution in [1.82, 2.24) is 5.43 Å². The normalized spacial score (nSPS) is 11.1. The van der Waals surface area contributed by atoms with E-state index < -0.39 is 5.97 Å². The van der Waals surface area contributed by atoms with Gasteiger partial charge in [0.25, 0.3) is 5.91 Å². The number of nitrogens with zero attached hydrogens (tertiary/aromatic N) is 1. The van der Waals surface area contributed by atoms with Gasteiger partial charge in [-0.1, -0.05) is 60.7 Å². The fourth-order valence-corrected chi connectivity index (χ4v) is 3.12. The molecule has 168 valence electrons. The van der Waals surface area contributed by atoms with Crippen LogP contribution in [-0.2, 0) is 9.59 Å². The third-order valence-corrected chi connectivity index (χ3v) is 4.80. The first-order valence-electron chi connectivity index (χ1n) is 10.6. The van der Waals surface area contributed by atoms with E-state index >= 15 is 0 Å². The van der Waals surface area contributed by atoms with Gasteiger partial charge in [-0.2, -0.15) is 5.10 Å². The quantitative estimate of drug-likeness (QED) is 0.135. The lowest BCUT2D eigenvalue weighted by molar-refractivity contribution is -0.129. The number of rotatable bonds is 8. The molecule has 0 bridgehead atoms. The molecule has 0 spiro atoms. The molecule has 1 N–H and O–H groups in total. The summed E-state index contributed by atoms with van der Waals surface area (Å²) in [5.41, 5.74) is 4.07. The number of hydrogen-bond donors (Lipinski definition) is 1. The van der Waals surface area contributed by atoms with Crippen LogP contribution in [0.4, 0.5) is 0 Å². The van der Waals surface area contributed by atoms with E-state index in [0.717, 1.165) is 21.9 Å². The zero-order chi connectivity index (χ0) is 23.6. The standard InChI is InChI=1S/C28H22N2O4/c31-27(20-33-26-16-13-23-8-4-5-9-24(23)18-26)30-29-19-22-10-14-25(15-11-22)34-28(32)17-12-21-6-2-1-3-7-21/h1-19H,20H2,(H,30,31)/b17-12+,29-19-. The lowest BCUT2D eigenvalue weighted by Crippen LogP contribution is -2.24. The molecule has 0 atom stereocenters. The SMILES string of the molecule is O=C(COc1ccc2ccccc2c1)N/N=C\c1ccc(OC(=O)/C=C/c2ccccc2)cc1. The van der Waals surface area contributed by atoms with Gasteiger partial charge in [0.1, 0.15) is 11.5 Å². The molecule has 0 aliphatic heterocycles. The maximum atomic E-state index is 12.0. The molecule has 1 amide bonds. The second-order valence-electron chi connectivity index (χ2n) is 7.32. The van der Waals surface area contributed by atoms with Crippen molar-refractivity contribution in [2.24, 2.45) is 5.10 Å². The summed E-state index contributed by atoms with van der Waals surface area (Å²) in [6, 6.07) is 29.8. The number of fused-ring (bicyclic) bond motifs is 1. The van der Waals surface area contributed by atoms with Gasteiger partial charge in [-0.25, -0.2) is 10.2 Å². The van der Waals surface area contributed by atoms with Crippen molar-refractivity contribution in [3.8, 4) is 11.5 Å². The van der Waals surface area contributed by atoms with E-state index in [0.29, 0.717) is 11.5 Å². The van der Waals surface area contributed by atoms with E-state index in [1.807, 2.05) is 72.8 Å². The molecule has 0 aliphatic carbocycles. The van der Waals surface area contributed by atoms with E-state index in [2.05, 4.69) is 10.5 Å². The van der Waals surface area contributed by atoms with Gasteiger partial charge in [0.15, 0.2) is 6.61 Å². The minimum atomic E-state index is -0.469. The van der Waals surface area contributed by atoms with Crippen molar-refractivity contribution in [3.05, 3.63) is 114 Å². The van der Waals surface area contributed by atoms with Gasteiger partial charge in [-0.15, -0.1) is 0 Å². The Kier molecular flexibility index (Phi) is 7.43. The minimum Gasteiger partial charge on any atom is -0.484 e. The summed E-state index contributed by atoms with van der Waals surface area (Å²) in [6.07, 6.45) is 4.56. The topological polar surface area (TPSA) is 77.0 Å². The van der Waals surface area contributed by atoms with Crippen molar-refractivity contribution in [3.63, 3.8) is 0 Å². The van der Waals surface area contributed by atoms with Crippen LogP contribution in [0.15, 0.2) is 108 Å². The first-order valence-corrected chi connectivity index (χ1v) is 10.6. The Labute approximate surface area is 197 Å². The highest BCUT2D eigenvalue weighted by Crippen LogP contribution is 2.20. The lowest BCUT2D eigenvalue weighted by atomic mass is 10.1. The van der Waals surface area contributed by atoms with Crippen molar-refractivity contribution < 1.29 is 19.1 Å². The summed E-state index contributed by atoms with van der Waals surface area (Å²) < 4.78 is 10.8. The predicted molar refractivity (Wildman–Crippen MR) is 133 cm³/mol. The minimum absolute atomic E-state index is 0.152. The number of esters is 1. The molecule has 0 aliphatic rings. The van der Waals surface area contributed by atoms with Gasteiger partial charge in [0.05, 0.1) is 6.21 Å². The number of hydrogen-bond acceptors (Lipinski definition) is 5. The second kappa shape index (κ2) is 11.2. The monoisotopic (exact) mass is 450 g/mol. The van der Waals surface area contributed by atoms with Crippen molar-refractivity contribution >= 4 is 34.9 Å². The molecule has 34 heavy (non-hydrogen) atoms. The Morgan fingerprint density at radius 3 is 2.26 bits per heavy atom. The Morgan fingerprint density at radius 2 is 1.47 bits per heavy atom. The van der Waals surface area contributed by atoms with Crippen LogP contribution in [0.1, 0.15) is 11.1 Å². The van der Waals surface area contributed by atoms with Crippen LogP contribution in [0.2, 0.25) is 0 Å². The molecular weight excluding hydrogens is 428 g/mol. The highest BCUT2D eigenvalue weighted by molar-refractivity contribution is 5.89. The van der Waals surface area contributed by atoms with Crippen molar-refractivity contribution in [2.45, 2.75) is 0 Å². The zero-order valence-electron chi connectivity index (χ0n) is 18.3. The summed E-state index contributed by atoms with van der Waals surface area (Å²) in [7, 11) is 0. The highest BCUT2D eigenvalue weighted by Gasteiger charge is 2.03. The third kappa shape index (κ3) is 6.64. The van der Waals surface area contributed by atoms with E-state index in [1.165, 1.54) is 12.3 Å². The number of carbonyl (C=O) groups excluding carboxylic acids is 2. The summed E-state index contributed by atoms with van der Waals surface area (Å²) in [4.78, 5) is 23.9. The Balaban J connectivity index is 1.22. The average Bonchev–Trinajstić information content (AvgIpc) is 2.88. The molecule has 4 aromatic rings. The molecule has 0 radical (unpaired) electrons. The largest absolute Gasteiger partial charge is 0.484 e. The Hall–Kier alpha value is -4.71. The second-order valence-corrected chi connectivity index (χ2v) is 7.32. The van der Waals surface area contributed by atoms with Gasteiger partial charge in [0, 0.05) is 6.08 Å². The first kappa shape index (κ1) is 22.5. The smallest absolute Gasteiger partial charge is 0.336 e. The molecule has 0 aromatic heterocycles. The molecule has 4 aromatic carbocycles. The van der Waals surface area contributed by atoms with Gasteiger partial charge in [-0.05, 0) is 64.4 Å². The molecule has 0 fully saturated rings. The fourth-order valence-electron chi connectivity index (χ4n) is 3.12. The number of carbonyl (C=O) groups is 2. The van der Waals surface area contributed by atoms with Crippen LogP contribution >= 0.6 is 0 Å². The first-order chi connectivity index (χ1) is 16.7. The molecule has 6 nitrogen and oxygen atoms in total. The van der Waals surface area contributed by atoms with Gasteiger partial charge in [-0.3, -0.25) is 4.79 Å². The molecule has 0 saturated carbocycles. The maximum Gasteiger partial charge on any atom is 0.336 e. The number of benzene rings is 4. The number of nitrogens with one attached hydrogen (secondary N) is 1. The number of hydrazone groups is 1. The predicted octanol–water partition coefficient (Wildman–Crippen LogP) is 4.99. The van der Waals surface area contributed by atoms with Crippen LogP contribution < -0.4 is 14.9 Å². The summed E-state index contributed by atoms with van der Waals surface area (Å²) in [5, 5.41) is 6.08. The Morgan fingerprint density at radius 1 is 0.765 bits per heavy atom. The van der Waals surface area contributed by atoms with E-state index in [-0.39, 0.29) is 12.5 Å². The van der Waals surface area contributed by atoms with Gasteiger partial charge in [0.2, 0.25) is 0 Å². The van der Waals surface area contributed by atoms with Crippen molar-refractivity contribution in [2.75, 3.05) is 6.61 Å². The van der Waals surface area contributed by atoms with Crippen molar-refractivity contribution in [1.29, 1.82) is 0 Å². The Bertz CT molecular complexity index is 1330. The van der Waals surface area contributed by atoms with Crippen LogP contribution in [-0.4, -0.2) is 24.7 Å². The molecule has 4 rings (SSSR count). The summed E-state index contributed by atoms with van der Waals surface area (Å²) in [6.45, 7) is -0.152. The number of ether oxygens (including phenoxy) is 2. The van der Waals surface area contributed by atoms with E-state index in [4.69, 9.17) is 9.47 Å². The number of amides is 1. The highest BCUT2D eigenvalue weighted by atomic mass is 16.5. The van der Waals surface area contributed by atoms with Crippen LogP contribution in [0, 0.1) is 0 Å². The van der Waals surface area contributed by atoms with Crippen LogP contribution in [0.3, 0.4) is 0 Å². The molecule has 0 unspecified atom stereocenters. The van der Waals surface area contributed by atoms with Crippen LogP contribution in [0.25, 0.3) is 16.8 Å². The van der Waals surface area contributed by atoms with Gasteiger partial charge >= 0.3 is 5.97 Å². The fraction of sp³-hybridized carbons (Fsp3) is 0.0357. The average molecular weight is 450 g/mol. The molecule has 6 heteroatoms. The lowest BCUT2D eigenvalue weighted by Gasteiger charge is -2.06.